The normalized spacial score (nSPS) is 21.0. The number of esters is 1. The molecule has 0 spiro atoms. The number of nitrogens with zero attached hydrogens (tertiary/aromatic N) is 1. The lowest BCUT2D eigenvalue weighted by Crippen LogP contribution is -2.64. The van der Waals surface area contributed by atoms with E-state index in [0.717, 1.165) is 24.8 Å². The summed E-state index contributed by atoms with van der Waals surface area (Å²) < 4.78 is 11.0. The molecule has 1 fully saturated rings. The summed E-state index contributed by atoms with van der Waals surface area (Å²) in [5.41, 5.74) is -0.545. The molecule has 0 radical (unpaired) electrons. The molecule has 1 atom stereocenters. The lowest BCUT2D eigenvalue weighted by Gasteiger charge is -2.48. The third kappa shape index (κ3) is 4.19. The topological polar surface area (TPSA) is 55.8 Å². The molecular formula is C21H31NO4. The highest BCUT2D eigenvalue weighted by molar-refractivity contribution is 5.87. The highest BCUT2D eigenvalue weighted by Gasteiger charge is 2.56. The van der Waals surface area contributed by atoms with Crippen molar-refractivity contribution in [2.45, 2.75) is 65.5 Å². The van der Waals surface area contributed by atoms with Gasteiger partial charge in [-0.05, 0) is 30.7 Å². The molecule has 5 heteroatoms. The van der Waals surface area contributed by atoms with Crippen LogP contribution in [0.4, 0.5) is 4.79 Å². The van der Waals surface area contributed by atoms with Crippen LogP contribution in [-0.2, 0) is 20.9 Å². The molecule has 0 aliphatic carbocycles. The molecular weight excluding hydrogens is 330 g/mol. The second kappa shape index (κ2) is 8.56. The zero-order valence-electron chi connectivity index (χ0n) is 16.4. The minimum Gasteiger partial charge on any atom is -0.464 e. The van der Waals surface area contributed by atoms with E-state index in [4.69, 9.17) is 9.47 Å². The van der Waals surface area contributed by atoms with Crippen molar-refractivity contribution < 1.29 is 19.1 Å². The molecule has 0 bridgehead atoms. The second-order valence-electron chi connectivity index (χ2n) is 7.83. The van der Waals surface area contributed by atoms with Crippen LogP contribution < -0.4 is 0 Å². The van der Waals surface area contributed by atoms with Gasteiger partial charge in [-0.25, -0.2) is 9.59 Å². The van der Waals surface area contributed by atoms with E-state index in [0.29, 0.717) is 19.6 Å². The Hall–Kier alpha value is -2.04. The van der Waals surface area contributed by atoms with E-state index in [1.807, 2.05) is 51.1 Å². The SMILES string of the molecule is CCOC(=O)[C@@]1(C(C)(C)C)CCCCCN1C(=O)OCc1ccccc1. The lowest BCUT2D eigenvalue weighted by atomic mass is 9.70. The van der Waals surface area contributed by atoms with Gasteiger partial charge in [-0.2, -0.15) is 0 Å². The van der Waals surface area contributed by atoms with Crippen molar-refractivity contribution >= 4 is 12.1 Å². The molecule has 144 valence electrons. The second-order valence-corrected chi connectivity index (χ2v) is 7.83. The van der Waals surface area contributed by atoms with Gasteiger partial charge in [0.15, 0.2) is 0 Å². The summed E-state index contributed by atoms with van der Waals surface area (Å²) in [5, 5.41) is 0. The third-order valence-electron chi connectivity index (χ3n) is 5.16. The average Bonchev–Trinajstić information content (AvgIpc) is 2.84. The third-order valence-corrected chi connectivity index (χ3v) is 5.16. The van der Waals surface area contributed by atoms with Crippen molar-refractivity contribution in [1.82, 2.24) is 4.90 Å². The molecule has 2 rings (SSSR count). The van der Waals surface area contributed by atoms with Gasteiger partial charge in [0.05, 0.1) is 6.61 Å². The van der Waals surface area contributed by atoms with E-state index in [2.05, 4.69) is 0 Å². The van der Waals surface area contributed by atoms with Gasteiger partial charge in [0.1, 0.15) is 12.1 Å². The van der Waals surface area contributed by atoms with Crippen LogP contribution in [0.2, 0.25) is 0 Å². The van der Waals surface area contributed by atoms with Crippen molar-refractivity contribution in [1.29, 1.82) is 0 Å². The van der Waals surface area contributed by atoms with Gasteiger partial charge in [-0.15, -0.1) is 0 Å². The minimum atomic E-state index is -1.01. The molecule has 5 nitrogen and oxygen atoms in total. The smallest absolute Gasteiger partial charge is 0.411 e. The number of likely N-dealkylation sites (tertiary alicyclic amines) is 1. The predicted molar refractivity (Wildman–Crippen MR) is 101 cm³/mol. The van der Waals surface area contributed by atoms with Crippen molar-refractivity contribution in [3.05, 3.63) is 35.9 Å². The van der Waals surface area contributed by atoms with Crippen LogP contribution in [0.3, 0.4) is 0 Å². The first-order valence-corrected chi connectivity index (χ1v) is 9.48. The number of carbonyl (C=O) groups is 2. The summed E-state index contributed by atoms with van der Waals surface area (Å²) in [4.78, 5) is 27.7. The maximum atomic E-state index is 13.0. The summed E-state index contributed by atoms with van der Waals surface area (Å²) >= 11 is 0. The van der Waals surface area contributed by atoms with E-state index >= 15 is 0 Å². The Balaban J connectivity index is 2.29. The van der Waals surface area contributed by atoms with Crippen LogP contribution in [0.5, 0.6) is 0 Å². The van der Waals surface area contributed by atoms with Crippen LogP contribution in [0.1, 0.15) is 58.9 Å². The summed E-state index contributed by atoms with van der Waals surface area (Å²) in [6.45, 7) is 8.77. The number of hydrogen-bond acceptors (Lipinski definition) is 4. The molecule has 1 amide bonds. The highest BCUT2D eigenvalue weighted by Crippen LogP contribution is 2.43. The van der Waals surface area contributed by atoms with Gasteiger partial charge in [-0.3, -0.25) is 4.90 Å². The van der Waals surface area contributed by atoms with E-state index in [-0.39, 0.29) is 12.6 Å². The number of hydrogen-bond donors (Lipinski definition) is 0. The van der Waals surface area contributed by atoms with Crippen LogP contribution >= 0.6 is 0 Å². The van der Waals surface area contributed by atoms with Crippen LogP contribution in [0.25, 0.3) is 0 Å². The van der Waals surface area contributed by atoms with Crippen LogP contribution in [0, 0.1) is 5.41 Å². The zero-order chi connectivity index (χ0) is 19.2. The van der Waals surface area contributed by atoms with Crippen molar-refractivity contribution in [2.75, 3.05) is 13.2 Å². The fourth-order valence-electron chi connectivity index (χ4n) is 3.75. The van der Waals surface area contributed by atoms with E-state index < -0.39 is 17.0 Å². The first-order valence-electron chi connectivity index (χ1n) is 9.48. The van der Waals surface area contributed by atoms with Gasteiger partial charge < -0.3 is 9.47 Å². The van der Waals surface area contributed by atoms with Gasteiger partial charge in [0.25, 0.3) is 0 Å². The van der Waals surface area contributed by atoms with Crippen molar-refractivity contribution in [3.8, 4) is 0 Å². The molecule has 0 saturated carbocycles. The van der Waals surface area contributed by atoms with E-state index in [9.17, 15) is 9.59 Å². The lowest BCUT2D eigenvalue weighted by molar-refractivity contribution is -0.165. The molecule has 0 unspecified atom stereocenters. The molecule has 1 heterocycles. The average molecular weight is 361 g/mol. The first-order chi connectivity index (χ1) is 12.3. The van der Waals surface area contributed by atoms with Gasteiger partial charge in [0, 0.05) is 6.54 Å². The predicted octanol–water partition coefficient (Wildman–Crippen LogP) is 4.55. The number of amides is 1. The maximum absolute atomic E-state index is 13.0. The number of carbonyl (C=O) groups excluding carboxylic acids is 2. The summed E-state index contributed by atoms with van der Waals surface area (Å²) in [7, 11) is 0. The summed E-state index contributed by atoms with van der Waals surface area (Å²) in [6, 6.07) is 9.57. The number of ether oxygens (including phenoxy) is 2. The van der Waals surface area contributed by atoms with E-state index in [1.165, 1.54) is 0 Å². The standard InChI is InChI=1S/C21H31NO4/c1-5-25-18(23)21(20(2,3)4)14-10-7-11-15-22(21)19(24)26-16-17-12-8-6-9-13-17/h6,8-9,12-13H,5,7,10-11,14-16H2,1-4H3/t21-/m1/s1. The first kappa shape index (κ1) is 20.3. The van der Waals surface area contributed by atoms with Gasteiger partial charge in [-0.1, -0.05) is 63.9 Å². The van der Waals surface area contributed by atoms with Gasteiger partial charge >= 0.3 is 12.1 Å². The van der Waals surface area contributed by atoms with Gasteiger partial charge in [0.2, 0.25) is 0 Å². The number of rotatable bonds is 4. The Morgan fingerprint density at radius 1 is 1.08 bits per heavy atom. The molecule has 0 aromatic heterocycles. The van der Waals surface area contributed by atoms with E-state index in [1.54, 1.807) is 11.8 Å². The summed E-state index contributed by atoms with van der Waals surface area (Å²) in [6.07, 6.45) is 2.88. The molecule has 1 aromatic rings. The fourth-order valence-corrected chi connectivity index (χ4v) is 3.75. The Morgan fingerprint density at radius 2 is 1.77 bits per heavy atom. The summed E-state index contributed by atoms with van der Waals surface area (Å²) in [5.74, 6) is -0.328. The van der Waals surface area contributed by atoms with Crippen LogP contribution in [-0.4, -0.2) is 35.7 Å². The highest BCUT2D eigenvalue weighted by atomic mass is 16.6. The molecule has 1 aromatic carbocycles. The Labute approximate surface area is 156 Å². The molecule has 1 aliphatic rings. The Bertz CT molecular complexity index is 608. The minimum absolute atomic E-state index is 0.194. The largest absolute Gasteiger partial charge is 0.464 e. The van der Waals surface area contributed by atoms with Crippen molar-refractivity contribution in [3.63, 3.8) is 0 Å². The Kier molecular flexibility index (Phi) is 6.68. The van der Waals surface area contributed by atoms with Crippen LogP contribution in [0.15, 0.2) is 30.3 Å². The molecule has 0 N–H and O–H groups in total. The molecule has 1 saturated heterocycles. The van der Waals surface area contributed by atoms with Crippen molar-refractivity contribution in [2.24, 2.45) is 5.41 Å². The number of benzene rings is 1. The zero-order valence-corrected chi connectivity index (χ0v) is 16.4. The molecule has 1 aliphatic heterocycles. The Morgan fingerprint density at radius 3 is 2.38 bits per heavy atom. The maximum Gasteiger partial charge on any atom is 0.411 e. The monoisotopic (exact) mass is 361 g/mol. The molecule has 26 heavy (non-hydrogen) atoms. The fraction of sp³-hybridized carbons (Fsp3) is 0.619. The quantitative estimate of drug-likeness (QED) is 0.739.